The molecule has 126 valence electrons. The fraction of sp³-hybridized carbons (Fsp3) is 0.0526. The number of nitrogens with one attached hydrogen (secondary N) is 1. The molecular weight excluding hydrogens is 342 g/mol. The lowest BCUT2D eigenvalue weighted by atomic mass is 10.1. The summed E-state index contributed by atoms with van der Waals surface area (Å²) >= 11 is 6.16. The summed E-state index contributed by atoms with van der Waals surface area (Å²) in [4.78, 5) is 23.3. The van der Waals surface area contributed by atoms with Crippen molar-refractivity contribution in [1.82, 2.24) is 0 Å². The van der Waals surface area contributed by atoms with E-state index in [0.29, 0.717) is 10.8 Å². The summed E-state index contributed by atoms with van der Waals surface area (Å²) in [6.07, 6.45) is 0. The standard InChI is InChI=1S/C19H14ClNO4/c20-15-9-10-17(13-6-2-1-5-12(13)15)25-11-18(22)21-16-8-4-3-7-14(16)19(23)24/h1-10H,11H2,(H,21,22)(H,23,24). The van der Waals surface area contributed by atoms with Gasteiger partial charge in [0, 0.05) is 15.8 Å². The van der Waals surface area contributed by atoms with E-state index < -0.39 is 11.9 Å². The minimum atomic E-state index is -1.11. The second kappa shape index (κ2) is 7.23. The van der Waals surface area contributed by atoms with Crippen LogP contribution in [0.3, 0.4) is 0 Å². The third kappa shape index (κ3) is 3.72. The number of benzene rings is 3. The number of carboxylic acids is 1. The molecule has 0 spiro atoms. The van der Waals surface area contributed by atoms with Crippen LogP contribution in [0.1, 0.15) is 10.4 Å². The first-order valence-corrected chi connectivity index (χ1v) is 7.86. The Bertz CT molecular complexity index is 955. The Kier molecular flexibility index (Phi) is 4.86. The number of aromatic carboxylic acids is 1. The molecule has 3 rings (SSSR count). The Hall–Kier alpha value is -3.05. The van der Waals surface area contributed by atoms with Crippen LogP contribution in [0.2, 0.25) is 5.02 Å². The first-order valence-electron chi connectivity index (χ1n) is 7.48. The molecule has 0 saturated carbocycles. The number of para-hydroxylation sites is 1. The van der Waals surface area contributed by atoms with E-state index in [9.17, 15) is 9.59 Å². The van der Waals surface area contributed by atoms with Gasteiger partial charge in [-0.2, -0.15) is 0 Å². The highest BCUT2D eigenvalue weighted by molar-refractivity contribution is 6.35. The number of carbonyl (C=O) groups excluding carboxylic acids is 1. The third-order valence-corrected chi connectivity index (χ3v) is 3.95. The summed E-state index contributed by atoms with van der Waals surface area (Å²) in [5.74, 6) is -1.03. The lowest BCUT2D eigenvalue weighted by Gasteiger charge is -2.11. The van der Waals surface area contributed by atoms with Gasteiger partial charge in [0.1, 0.15) is 5.75 Å². The average molecular weight is 356 g/mol. The molecule has 25 heavy (non-hydrogen) atoms. The Morgan fingerprint density at radius 1 is 0.960 bits per heavy atom. The quantitative estimate of drug-likeness (QED) is 0.718. The molecule has 5 nitrogen and oxygen atoms in total. The summed E-state index contributed by atoms with van der Waals surface area (Å²) in [5.41, 5.74) is 0.248. The van der Waals surface area contributed by atoms with Crippen LogP contribution < -0.4 is 10.1 Å². The van der Waals surface area contributed by atoms with Crippen molar-refractivity contribution < 1.29 is 19.4 Å². The van der Waals surface area contributed by atoms with E-state index in [1.807, 2.05) is 24.3 Å². The number of fused-ring (bicyclic) bond motifs is 1. The number of ether oxygens (including phenoxy) is 1. The van der Waals surface area contributed by atoms with Crippen LogP contribution in [0, 0.1) is 0 Å². The number of carbonyl (C=O) groups is 2. The van der Waals surface area contributed by atoms with E-state index in [1.54, 1.807) is 24.3 Å². The van der Waals surface area contributed by atoms with Gasteiger partial charge >= 0.3 is 5.97 Å². The van der Waals surface area contributed by atoms with E-state index >= 15 is 0 Å². The molecular formula is C19H14ClNO4. The zero-order chi connectivity index (χ0) is 17.8. The van der Waals surface area contributed by atoms with E-state index in [0.717, 1.165) is 10.8 Å². The molecule has 0 aliphatic heterocycles. The molecule has 3 aromatic carbocycles. The van der Waals surface area contributed by atoms with Gasteiger partial charge < -0.3 is 15.2 Å². The van der Waals surface area contributed by atoms with Crippen LogP contribution in [0.5, 0.6) is 5.75 Å². The van der Waals surface area contributed by atoms with Gasteiger partial charge in [0.2, 0.25) is 0 Å². The zero-order valence-electron chi connectivity index (χ0n) is 13.0. The molecule has 0 bridgehead atoms. The SMILES string of the molecule is O=C(COc1ccc(Cl)c2ccccc12)Nc1ccccc1C(=O)O. The zero-order valence-corrected chi connectivity index (χ0v) is 13.8. The minimum Gasteiger partial charge on any atom is -0.483 e. The number of carboxylic acid groups (broad SMARTS) is 1. The van der Waals surface area contributed by atoms with Crippen molar-refractivity contribution in [3.63, 3.8) is 0 Å². The molecule has 1 amide bonds. The van der Waals surface area contributed by atoms with Gasteiger partial charge in [-0.25, -0.2) is 4.79 Å². The van der Waals surface area contributed by atoms with Crippen LogP contribution in [-0.2, 0) is 4.79 Å². The Balaban J connectivity index is 1.74. The highest BCUT2D eigenvalue weighted by Gasteiger charge is 2.13. The van der Waals surface area contributed by atoms with Crippen LogP contribution in [-0.4, -0.2) is 23.6 Å². The number of hydrogen-bond donors (Lipinski definition) is 2. The van der Waals surface area contributed by atoms with Crippen LogP contribution in [0.4, 0.5) is 5.69 Å². The van der Waals surface area contributed by atoms with Gasteiger partial charge in [-0.05, 0) is 24.3 Å². The first-order chi connectivity index (χ1) is 12.1. The predicted octanol–water partition coefficient (Wildman–Crippen LogP) is 4.21. The van der Waals surface area contributed by atoms with E-state index in [1.165, 1.54) is 12.1 Å². The second-order valence-electron chi connectivity index (χ2n) is 5.28. The van der Waals surface area contributed by atoms with Crippen molar-refractivity contribution in [3.8, 4) is 5.75 Å². The molecule has 6 heteroatoms. The molecule has 0 aliphatic carbocycles. The maximum Gasteiger partial charge on any atom is 0.337 e. The van der Waals surface area contributed by atoms with Gasteiger partial charge in [-0.15, -0.1) is 0 Å². The van der Waals surface area contributed by atoms with Crippen molar-refractivity contribution >= 4 is 39.9 Å². The summed E-state index contributed by atoms with van der Waals surface area (Å²) in [5, 5.41) is 13.9. The lowest BCUT2D eigenvalue weighted by molar-refractivity contribution is -0.118. The molecule has 0 heterocycles. The Morgan fingerprint density at radius 3 is 2.40 bits per heavy atom. The molecule has 3 aromatic rings. The maximum absolute atomic E-state index is 12.1. The van der Waals surface area contributed by atoms with Crippen LogP contribution in [0.15, 0.2) is 60.7 Å². The molecule has 0 saturated heterocycles. The molecule has 0 aliphatic rings. The van der Waals surface area contributed by atoms with Crippen molar-refractivity contribution in [3.05, 3.63) is 71.2 Å². The average Bonchev–Trinajstić information content (AvgIpc) is 2.62. The summed E-state index contributed by atoms with van der Waals surface area (Å²) in [6.45, 7) is -0.250. The normalized spacial score (nSPS) is 10.4. The van der Waals surface area contributed by atoms with Crippen molar-refractivity contribution in [2.75, 3.05) is 11.9 Å². The van der Waals surface area contributed by atoms with Gasteiger partial charge in [0.15, 0.2) is 6.61 Å². The number of amides is 1. The highest BCUT2D eigenvalue weighted by Crippen LogP contribution is 2.31. The maximum atomic E-state index is 12.1. The van der Waals surface area contributed by atoms with Gasteiger partial charge in [0.05, 0.1) is 11.3 Å². The van der Waals surface area contributed by atoms with Crippen molar-refractivity contribution in [2.24, 2.45) is 0 Å². The summed E-state index contributed by atoms with van der Waals surface area (Å²) < 4.78 is 5.59. The first kappa shape index (κ1) is 16.8. The van der Waals surface area contributed by atoms with Crippen molar-refractivity contribution in [1.29, 1.82) is 0 Å². The smallest absolute Gasteiger partial charge is 0.337 e. The largest absolute Gasteiger partial charge is 0.483 e. The topological polar surface area (TPSA) is 75.6 Å². The Morgan fingerprint density at radius 2 is 1.64 bits per heavy atom. The van der Waals surface area contributed by atoms with Crippen LogP contribution in [0.25, 0.3) is 10.8 Å². The molecule has 0 unspecified atom stereocenters. The number of hydrogen-bond acceptors (Lipinski definition) is 3. The third-order valence-electron chi connectivity index (χ3n) is 3.62. The predicted molar refractivity (Wildman–Crippen MR) is 96.5 cm³/mol. The van der Waals surface area contributed by atoms with Crippen molar-refractivity contribution in [2.45, 2.75) is 0 Å². The van der Waals surface area contributed by atoms with Gasteiger partial charge in [0.25, 0.3) is 5.91 Å². The number of halogens is 1. The number of rotatable bonds is 5. The Labute approximate surface area is 148 Å². The molecule has 0 aromatic heterocycles. The second-order valence-corrected chi connectivity index (χ2v) is 5.69. The van der Waals surface area contributed by atoms with Crippen LogP contribution >= 0.6 is 11.6 Å². The van der Waals surface area contributed by atoms with Gasteiger partial charge in [-0.1, -0.05) is 48.0 Å². The molecule has 2 N–H and O–H groups in total. The van der Waals surface area contributed by atoms with Gasteiger partial charge in [-0.3, -0.25) is 4.79 Å². The summed E-state index contributed by atoms with van der Waals surface area (Å²) in [7, 11) is 0. The number of anilines is 1. The summed E-state index contributed by atoms with van der Waals surface area (Å²) in [6, 6.07) is 17.0. The fourth-order valence-corrected chi connectivity index (χ4v) is 2.70. The van der Waals surface area contributed by atoms with E-state index in [2.05, 4.69) is 5.32 Å². The van der Waals surface area contributed by atoms with E-state index in [4.69, 9.17) is 21.4 Å². The minimum absolute atomic E-state index is 0.0211. The monoisotopic (exact) mass is 355 g/mol. The molecule has 0 fully saturated rings. The fourth-order valence-electron chi connectivity index (χ4n) is 2.47. The molecule has 0 radical (unpaired) electrons. The molecule has 0 atom stereocenters. The van der Waals surface area contributed by atoms with E-state index in [-0.39, 0.29) is 17.9 Å². The lowest BCUT2D eigenvalue weighted by Crippen LogP contribution is -2.21. The highest BCUT2D eigenvalue weighted by atomic mass is 35.5.